The van der Waals surface area contributed by atoms with Crippen LogP contribution in [0.3, 0.4) is 0 Å². The number of hydrogen-bond donors (Lipinski definition) is 1. The molecule has 2 aromatic rings. The number of nitrogens with zero attached hydrogens (tertiary/aromatic N) is 2. The monoisotopic (exact) mass is 304 g/mol. The third-order valence-corrected chi connectivity index (χ3v) is 4.22. The molecule has 1 heterocycles. The van der Waals surface area contributed by atoms with E-state index in [1.54, 1.807) is 18.4 Å². The number of hydrogen-bond acceptors (Lipinski definition) is 4. The summed E-state index contributed by atoms with van der Waals surface area (Å²) >= 11 is 0. The molecule has 1 aromatic heterocycles. The molecule has 0 amide bonds. The van der Waals surface area contributed by atoms with E-state index in [4.69, 9.17) is 4.42 Å². The zero-order valence-electron chi connectivity index (χ0n) is 12.7. The summed E-state index contributed by atoms with van der Waals surface area (Å²) in [6, 6.07) is 6.22. The summed E-state index contributed by atoms with van der Waals surface area (Å²) in [5.74, 6) is 0.480. The summed E-state index contributed by atoms with van der Waals surface area (Å²) in [6.07, 6.45) is 4.53. The molecule has 22 heavy (non-hydrogen) atoms. The van der Waals surface area contributed by atoms with Crippen LogP contribution in [0.4, 0.5) is 4.39 Å². The number of rotatable bonds is 5. The fourth-order valence-corrected chi connectivity index (χ4v) is 3.11. The lowest BCUT2D eigenvalue weighted by atomic mass is 10.1. The van der Waals surface area contributed by atoms with E-state index in [1.807, 2.05) is 7.05 Å². The van der Waals surface area contributed by atoms with Crippen LogP contribution in [0.25, 0.3) is 11.5 Å². The number of aliphatic hydroxyl groups is 1. The molecule has 0 aliphatic heterocycles. The lowest BCUT2D eigenvalue weighted by molar-refractivity contribution is 0.107. The molecule has 1 aromatic carbocycles. The van der Waals surface area contributed by atoms with Crippen molar-refractivity contribution in [1.29, 1.82) is 0 Å². The summed E-state index contributed by atoms with van der Waals surface area (Å²) in [6.45, 7) is 1.51. The highest BCUT2D eigenvalue weighted by Gasteiger charge is 2.26. The van der Waals surface area contributed by atoms with Gasteiger partial charge in [0, 0.05) is 18.7 Å². The maximum atomic E-state index is 13.2. The number of oxazole rings is 1. The summed E-state index contributed by atoms with van der Waals surface area (Å²) < 4.78 is 18.7. The van der Waals surface area contributed by atoms with Crippen molar-refractivity contribution < 1.29 is 13.9 Å². The SMILES string of the molecule is CN(Cc1coc(-c2cccc(F)c2)n1)CC1CCCC1O. The van der Waals surface area contributed by atoms with Crippen LogP contribution < -0.4 is 0 Å². The second-order valence-corrected chi connectivity index (χ2v) is 6.11. The standard InChI is InChI=1S/C17H21FN2O2/c1-20(9-13-5-3-7-16(13)21)10-15-11-22-17(19-15)12-4-2-6-14(18)8-12/h2,4,6,8,11,13,16,21H,3,5,7,9-10H2,1H3. The van der Waals surface area contributed by atoms with Gasteiger partial charge in [0.15, 0.2) is 0 Å². The molecule has 3 rings (SSSR count). The van der Waals surface area contributed by atoms with E-state index >= 15 is 0 Å². The summed E-state index contributed by atoms with van der Waals surface area (Å²) in [4.78, 5) is 6.56. The van der Waals surface area contributed by atoms with Gasteiger partial charge in [0.2, 0.25) is 5.89 Å². The number of halogens is 1. The molecular formula is C17H21FN2O2. The molecule has 1 aliphatic carbocycles. The largest absolute Gasteiger partial charge is 0.444 e. The third-order valence-electron chi connectivity index (χ3n) is 4.22. The Morgan fingerprint density at radius 3 is 3.00 bits per heavy atom. The van der Waals surface area contributed by atoms with Gasteiger partial charge in [0.1, 0.15) is 12.1 Å². The van der Waals surface area contributed by atoms with Crippen LogP contribution in [-0.4, -0.2) is 34.7 Å². The Kier molecular flexibility index (Phi) is 4.55. The van der Waals surface area contributed by atoms with E-state index in [9.17, 15) is 9.50 Å². The first-order valence-electron chi connectivity index (χ1n) is 7.69. The van der Waals surface area contributed by atoms with Crippen LogP contribution in [-0.2, 0) is 6.54 Å². The van der Waals surface area contributed by atoms with Gasteiger partial charge in [-0.1, -0.05) is 12.5 Å². The minimum Gasteiger partial charge on any atom is -0.444 e. The van der Waals surface area contributed by atoms with Gasteiger partial charge in [0.25, 0.3) is 0 Å². The Labute approximate surface area is 129 Å². The molecule has 0 saturated heterocycles. The van der Waals surface area contributed by atoms with E-state index in [0.717, 1.165) is 31.5 Å². The third kappa shape index (κ3) is 3.54. The maximum absolute atomic E-state index is 13.2. The first-order valence-corrected chi connectivity index (χ1v) is 7.69. The lowest BCUT2D eigenvalue weighted by Crippen LogP contribution is -2.29. The van der Waals surface area contributed by atoms with Crippen LogP contribution in [0.1, 0.15) is 25.0 Å². The summed E-state index contributed by atoms with van der Waals surface area (Å²) in [5.41, 5.74) is 1.45. The number of benzene rings is 1. The molecule has 2 atom stereocenters. The molecule has 2 unspecified atom stereocenters. The molecule has 1 N–H and O–H groups in total. The first-order chi connectivity index (χ1) is 10.6. The zero-order valence-corrected chi connectivity index (χ0v) is 12.7. The summed E-state index contributed by atoms with van der Waals surface area (Å²) in [5, 5.41) is 9.89. The smallest absolute Gasteiger partial charge is 0.226 e. The van der Waals surface area contributed by atoms with Crippen LogP contribution in [0.2, 0.25) is 0 Å². The Bertz CT molecular complexity index is 629. The fourth-order valence-electron chi connectivity index (χ4n) is 3.11. The number of aliphatic hydroxyl groups excluding tert-OH is 1. The van der Waals surface area contributed by atoms with E-state index in [2.05, 4.69) is 9.88 Å². The fraction of sp³-hybridized carbons (Fsp3) is 0.471. The highest BCUT2D eigenvalue weighted by molar-refractivity contribution is 5.52. The minimum absolute atomic E-state index is 0.178. The van der Waals surface area contributed by atoms with Gasteiger partial charge < -0.3 is 14.4 Å². The molecular weight excluding hydrogens is 283 g/mol. The highest BCUT2D eigenvalue weighted by Crippen LogP contribution is 2.26. The minimum atomic E-state index is -0.301. The van der Waals surface area contributed by atoms with Gasteiger partial charge in [-0.3, -0.25) is 0 Å². The van der Waals surface area contributed by atoms with Crippen molar-refractivity contribution in [3.8, 4) is 11.5 Å². The molecule has 0 bridgehead atoms. The normalized spacial score (nSPS) is 21.6. The van der Waals surface area contributed by atoms with Crippen LogP contribution in [0.5, 0.6) is 0 Å². The van der Waals surface area contributed by atoms with Crippen molar-refractivity contribution in [2.24, 2.45) is 5.92 Å². The molecule has 1 saturated carbocycles. The van der Waals surface area contributed by atoms with Gasteiger partial charge in [-0.05, 0) is 44.0 Å². The molecule has 1 fully saturated rings. The van der Waals surface area contributed by atoms with Crippen molar-refractivity contribution in [3.05, 3.63) is 42.0 Å². The predicted molar refractivity (Wildman–Crippen MR) is 81.6 cm³/mol. The van der Waals surface area contributed by atoms with Crippen molar-refractivity contribution in [3.63, 3.8) is 0 Å². The van der Waals surface area contributed by atoms with E-state index in [0.29, 0.717) is 23.9 Å². The second kappa shape index (κ2) is 6.58. The van der Waals surface area contributed by atoms with Crippen molar-refractivity contribution >= 4 is 0 Å². The van der Waals surface area contributed by atoms with E-state index < -0.39 is 0 Å². The molecule has 118 valence electrons. The van der Waals surface area contributed by atoms with Crippen molar-refractivity contribution in [1.82, 2.24) is 9.88 Å². The predicted octanol–water partition coefficient (Wildman–Crippen LogP) is 3.07. The second-order valence-electron chi connectivity index (χ2n) is 6.11. The lowest BCUT2D eigenvalue weighted by Gasteiger charge is -2.22. The van der Waals surface area contributed by atoms with Crippen LogP contribution in [0.15, 0.2) is 34.9 Å². The van der Waals surface area contributed by atoms with Crippen LogP contribution in [0, 0.1) is 11.7 Å². The highest BCUT2D eigenvalue weighted by atomic mass is 19.1. The van der Waals surface area contributed by atoms with Gasteiger partial charge in [0.05, 0.1) is 11.8 Å². The topological polar surface area (TPSA) is 49.5 Å². The van der Waals surface area contributed by atoms with Crippen molar-refractivity contribution in [2.45, 2.75) is 31.9 Å². The first kappa shape index (κ1) is 15.2. The van der Waals surface area contributed by atoms with Gasteiger partial charge in [-0.15, -0.1) is 0 Å². The average molecular weight is 304 g/mol. The van der Waals surface area contributed by atoms with Crippen molar-refractivity contribution in [2.75, 3.05) is 13.6 Å². The van der Waals surface area contributed by atoms with E-state index in [-0.39, 0.29) is 11.9 Å². The molecule has 0 spiro atoms. The Morgan fingerprint density at radius 1 is 1.41 bits per heavy atom. The quantitative estimate of drug-likeness (QED) is 0.922. The average Bonchev–Trinajstić information content (AvgIpc) is 3.09. The Hall–Kier alpha value is -1.72. The molecule has 1 aliphatic rings. The van der Waals surface area contributed by atoms with Gasteiger partial charge in [-0.25, -0.2) is 9.37 Å². The van der Waals surface area contributed by atoms with E-state index in [1.165, 1.54) is 12.1 Å². The molecule has 5 heteroatoms. The molecule has 4 nitrogen and oxygen atoms in total. The molecule has 0 radical (unpaired) electrons. The Morgan fingerprint density at radius 2 is 2.27 bits per heavy atom. The van der Waals surface area contributed by atoms with Gasteiger partial charge >= 0.3 is 0 Å². The van der Waals surface area contributed by atoms with Crippen LogP contribution >= 0.6 is 0 Å². The Balaban J connectivity index is 1.61. The van der Waals surface area contributed by atoms with Gasteiger partial charge in [-0.2, -0.15) is 0 Å². The zero-order chi connectivity index (χ0) is 15.5. The summed E-state index contributed by atoms with van der Waals surface area (Å²) in [7, 11) is 2.02. The number of aromatic nitrogens is 1. The maximum Gasteiger partial charge on any atom is 0.226 e.